The number of nitrogens with zero attached hydrogens (tertiary/aromatic N) is 3. The second-order valence-corrected chi connectivity index (χ2v) is 6.77. The summed E-state index contributed by atoms with van der Waals surface area (Å²) in [6, 6.07) is 10.2. The summed E-state index contributed by atoms with van der Waals surface area (Å²) in [4.78, 5) is 4.38. The zero-order valence-electron chi connectivity index (χ0n) is 14.9. The van der Waals surface area contributed by atoms with Gasteiger partial charge in [-0.3, -0.25) is 4.99 Å². The standard InChI is InChI=1S/C18H27N5.HI/c1-14-15(9-8-12-20-17(19)21-18(2,3)4)13-23(22-14)16-10-6-5-7-11-16;/h5-7,10-11,13H,8-9,12H2,1-4H3,(H3,19,20,21);1H. The number of aromatic nitrogens is 2. The molecule has 6 heteroatoms. The van der Waals surface area contributed by atoms with Crippen LogP contribution in [0.25, 0.3) is 5.69 Å². The molecule has 1 aromatic carbocycles. The molecule has 1 heterocycles. The lowest BCUT2D eigenvalue weighted by atomic mass is 10.1. The number of rotatable bonds is 5. The van der Waals surface area contributed by atoms with Gasteiger partial charge in [0.2, 0.25) is 0 Å². The van der Waals surface area contributed by atoms with Gasteiger partial charge in [0.25, 0.3) is 0 Å². The van der Waals surface area contributed by atoms with Crippen molar-refractivity contribution in [2.45, 2.75) is 46.1 Å². The molecule has 0 fully saturated rings. The molecule has 0 aliphatic heterocycles. The molecule has 0 saturated carbocycles. The van der Waals surface area contributed by atoms with E-state index < -0.39 is 0 Å². The van der Waals surface area contributed by atoms with Gasteiger partial charge in [-0.2, -0.15) is 5.10 Å². The van der Waals surface area contributed by atoms with Crippen LogP contribution in [0.2, 0.25) is 0 Å². The van der Waals surface area contributed by atoms with Crippen molar-refractivity contribution >= 4 is 29.9 Å². The van der Waals surface area contributed by atoms with Gasteiger partial charge in [0.1, 0.15) is 0 Å². The summed E-state index contributed by atoms with van der Waals surface area (Å²) in [6.07, 6.45) is 4.00. The quantitative estimate of drug-likeness (QED) is 0.323. The van der Waals surface area contributed by atoms with Crippen molar-refractivity contribution in [3.05, 3.63) is 47.8 Å². The largest absolute Gasteiger partial charge is 0.370 e. The first kappa shape index (κ1) is 20.5. The fourth-order valence-corrected chi connectivity index (χ4v) is 2.35. The van der Waals surface area contributed by atoms with E-state index in [1.54, 1.807) is 0 Å². The molecule has 132 valence electrons. The molecule has 0 unspecified atom stereocenters. The minimum absolute atomic E-state index is 0. The molecule has 0 aliphatic rings. The molecule has 0 atom stereocenters. The van der Waals surface area contributed by atoms with Gasteiger partial charge in [0, 0.05) is 18.3 Å². The van der Waals surface area contributed by atoms with Crippen LogP contribution in [0.5, 0.6) is 0 Å². The van der Waals surface area contributed by atoms with Crippen molar-refractivity contribution in [2.24, 2.45) is 10.7 Å². The van der Waals surface area contributed by atoms with E-state index in [1.807, 2.05) is 29.8 Å². The number of halogens is 1. The first-order chi connectivity index (χ1) is 10.8. The summed E-state index contributed by atoms with van der Waals surface area (Å²) in [7, 11) is 0. The van der Waals surface area contributed by atoms with Crippen molar-refractivity contribution in [3.63, 3.8) is 0 Å². The Morgan fingerprint density at radius 1 is 1.25 bits per heavy atom. The first-order valence-corrected chi connectivity index (χ1v) is 8.04. The normalized spacial score (nSPS) is 11.9. The Balaban J connectivity index is 0.00000288. The van der Waals surface area contributed by atoms with Gasteiger partial charge in [-0.1, -0.05) is 18.2 Å². The Morgan fingerprint density at radius 2 is 1.92 bits per heavy atom. The zero-order valence-corrected chi connectivity index (χ0v) is 17.2. The smallest absolute Gasteiger partial charge is 0.188 e. The average Bonchev–Trinajstić information content (AvgIpc) is 2.84. The number of aliphatic imine (C=N–C) groups is 1. The van der Waals surface area contributed by atoms with Gasteiger partial charge in [0.05, 0.1) is 11.4 Å². The van der Waals surface area contributed by atoms with E-state index in [0.717, 1.165) is 24.2 Å². The van der Waals surface area contributed by atoms with E-state index >= 15 is 0 Å². The second-order valence-electron chi connectivity index (χ2n) is 6.77. The average molecular weight is 441 g/mol. The van der Waals surface area contributed by atoms with Gasteiger partial charge in [-0.15, -0.1) is 24.0 Å². The maximum absolute atomic E-state index is 5.87. The van der Waals surface area contributed by atoms with Gasteiger partial charge in [-0.25, -0.2) is 4.68 Å². The Bertz CT molecular complexity index is 656. The number of nitrogens with one attached hydrogen (secondary N) is 1. The summed E-state index contributed by atoms with van der Waals surface area (Å²) >= 11 is 0. The highest BCUT2D eigenvalue weighted by Gasteiger charge is 2.09. The first-order valence-electron chi connectivity index (χ1n) is 8.04. The second kappa shape index (κ2) is 9.05. The molecule has 2 rings (SSSR count). The number of benzene rings is 1. The van der Waals surface area contributed by atoms with Crippen LogP contribution >= 0.6 is 24.0 Å². The molecule has 1 aromatic heterocycles. The van der Waals surface area contributed by atoms with Gasteiger partial charge >= 0.3 is 0 Å². The number of aryl methyl sites for hydroxylation is 2. The van der Waals surface area contributed by atoms with E-state index in [9.17, 15) is 0 Å². The third-order valence-electron chi connectivity index (χ3n) is 3.41. The molecular formula is C18H28IN5. The van der Waals surface area contributed by atoms with E-state index in [1.165, 1.54) is 5.56 Å². The predicted molar refractivity (Wildman–Crippen MR) is 111 cm³/mol. The van der Waals surface area contributed by atoms with Crippen LogP contribution in [0.15, 0.2) is 41.5 Å². The van der Waals surface area contributed by atoms with Crippen LogP contribution in [-0.4, -0.2) is 27.8 Å². The Hall–Kier alpha value is -1.57. The predicted octanol–water partition coefficient (Wildman–Crippen LogP) is 3.43. The third-order valence-corrected chi connectivity index (χ3v) is 3.41. The fourth-order valence-electron chi connectivity index (χ4n) is 2.35. The molecule has 24 heavy (non-hydrogen) atoms. The lowest BCUT2D eigenvalue weighted by Crippen LogP contribution is -2.45. The monoisotopic (exact) mass is 441 g/mol. The van der Waals surface area contributed by atoms with E-state index in [2.05, 4.69) is 54.5 Å². The molecule has 0 radical (unpaired) electrons. The highest BCUT2D eigenvalue weighted by atomic mass is 127. The fraction of sp³-hybridized carbons (Fsp3) is 0.444. The molecule has 0 bridgehead atoms. The van der Waals surface area contributed by atoms with Gasteiger partial charge < -0.3 is 11.1 Å². The SMILES string of the molecule is Cc1nn(-c2ccccc2)cc1CCCN=C(N)NC(C)(C)C.I. The van der Waals surface area contributed by atoms with E-state index in [4.69, 9.17) is 5.73 Å². The van der Waals surface area contributed by atoms with Crippen molar-refractivity contribution in [1.29, 1.82) is 0 Å². The molecular weight excluding hydrogens is 413 g/mol. The molecule has 0 saturated heterocycles. The van der Waals surface area contributed by atoms with Crippen LogP contribution in [0.4, 0.5) is 0 Å². The molecule has 0 amide bonds. The summed E-state index contributed by atoms with van der Waals surface area (Å²) in [5, 5.41) is 7.75. The lowest BCUT2D eigenvalue weighted by Gasteiger charge is -2.20. The molecule has 5 nitrogen and oxygen atoms in total. The molecule has 2 aromatic rings. The van der Waals surface area contributed by atoms with Crippen molar-refractivity contribution < 1.29 is 0 Å². The number of guanidine groups is 1. The van der Waals surface area contributed by atoms with Crippen molar-refractivity contribution in [1.82, 2.24) is 15.1 Å². The van der Waals surface area contributed by atoms with Crippen LogP contribution in [0.1, 0.15) is 38.4 Å². The van der Waals surface area contributed by atoms with E-state index in [-0.39, 0.29) is 29.5 Å². The third kappa shape index (κ3) is 6.51. The lowest BCUT2D eigenvalue weighted by molar-refractivity contribution is 0.508. The highest BCUT2D eigenvalue weighted by molar-refractivity contribution is 14.0. The Morgan fingerprint density at radius 3 is 2.54 bits per heavy atom. The van der Waals surface area contributed by atoms with E-state index in [0.29, 0.717) is 12.5 Å². The topological polar surface area (TPSA) is 68.2 Å². The minimum Gasteiger partial charge on any atom is -0.370 e. The van der Waals surface area contributed by atoms with Crippen LogP contribution in [0.3, 0.4) is 0 Å². The zero-order chi connectivity index (χ0) is 16.9. The van der Waals surface area contributed by atoms with Crippen LogP contribution in [0, 0.1) is 6.92 Å². The molecule has 0 aliphatic carbocycles. The highest BCUT2D eigenvalue weighted by Crippen LogP contribution is 2.13. The summed E-state index contributed by atoms with van der Waals surface area (Å²) in [5.74, 6) is 0.509. The van der Waals surface area contributed by atoms with Gasteiger partial charge in [-0.05, 0) is 58.2 Å². The number of hydrogen-bond donors (Lipinski definition) is 2. The van der Waals surface area contributed by atoms with Crippen LogP contribution in [-0.2, 0) is 6.42 Å². The maximum Gasteiger partial charge on any atom is 0.188 e. The Labute approximate surface area is 161 Å². The number of para-hydroxylation sites is 1. The minimum atomic E-state index is -0.0546. The Kier molecular flexibility index (Phi) is 7.72. The summed E-state index contributed by atoms with van der Waals surface area (Å²) in [5.41, 5.74) is 9.22. The van der Waals surface area contributed by atoms with Crippen molar-refractivity contribution in [2.75, 3.05) is 6.54 Å². The summed E-state index contributed by atoms with van der Waals surface area (Å²) < 4.78 is 1.93. The number of hydrogen-bond acceptors (Lipinski definition) is 2. The van der Waals surface area contributed by atoms with Crippen molar-refractivity contribution in [3.8, 4) is 5.69 Å². The number of nitrogens with two attached hydrogens (primary N) is 1. The van der Waals surface area contributed by atoms with Crippen LogP contribution < -0.4 is 11.1 Å². The summed E-state index contributed by atoms with van der Waals surface area (Å²) in [6.45, 7) is 8.96. The maximum atomic E-state index is 5.87. The van der Waals surface area contributed by atoms with Gasteiger partial charge in [0.15, 0.2) is 5.96 Å². The molecule has 3 N–H and O–H groups in total. The molecule has 0 spiro atoms.